The number of halogens is 1. The minimum atomic E-state index is -0.356. The zero-order chi connectivity index (χ0) is 12.8. The van der Waals surface area contributed by atoms with Gasteiger partial charge in [0.1, 0.15) is 0 Å². The summed E-state index contributed by atoms with van der Waals surface area (Å²) in [6, 6.07) is 1.98. The van der Waals surface area contributed by atoms with Crippen LogP contribution in [-0.4, -0.2) is 30.9 Å². The van der Waals surface area contributed by atoms with E-state index < -0.39 is 0 Å². The van der Waals surface area contributed by atoms with Crippen molar-refractivity contribution in [1.82, 2.24) is 4.90 Å². The summed E-state index contributed by atoms with van der Waals surface area (Å²) in [5.74, 6) is -0.412. The van der Waals surface area contributed by atoms with Crippen LogP contribution in [0.1, 0.15) is 17.7 Å². The second-order valence-electron chi connectivity index (χ2n) is 3.56. The molecule has 0 unspecified atom stereocenters. The number of carbonyl (C=O) groups is 2. The van der Waals surface area contributed by atoms with E-state index in [0.29, 0.717) is 6.54 Å². The van der Waals surface area contributed by atoms with E-state index in [-0.39, 0.29) is 24.7 Å². The minimum Gasteiger partial charge on any atom is -0.469 e. The Morgan fingerprint density at radius 3 is 2.71 bits per heavy atom. The molecule has 0 N–H and O–H groups in total. The summed E-state index contributed by atoms with van der Waals surface area (Å²) >= 11 is 4.96. The maximum Gasteiger partial charge on any atom is 0.306 e. The topological polar surface area (TPSA) is 46.6 Å². The third-order valence-corrected chi connectivity index (χ3v) is 3.89. The highest BCUT2D eigenvalue weighted by molar-refractivity contribution is 9.10. The van der Waals surface area contributed by atoms with Gasteiger partial charge in [0.25, 0.3) is 0 Å². The van der Waals surface area contributed by atoms with Crippen molar-refractivity contribution in [2.75, 3.05) is 14.2 Å². The molecule has 0 aliphatic carbocycles. The first-order chi connectivity index (χ1) is 8.02. The van der Waals surface area contributed by atoms with Crippen LogP contribution in [0.3, 0.4) is 0 Å². The van der Waals surface area contributed by atoms with Crippen molar-refractivity contribution in [2.45, 2.75) is 19.4 Å². The lowest BCUT2D eigenvalue weighted by molar-refractivity contribution is -0.143. The second kappa shape index (κ2) is 6.76. The lowest BCUT2D eigenvalue weighted by atomic mass is 10.3. The summed E-state index contributed by atoms with van der Waals surface area (Å²) in [4.78, 5) is 25.3. The number of amides is 1. The Kier molecular flexibility index (Phi) is 5.64. The molecule has 1 amide bonds. The van der Waals surface area contributed by atoms with Gasteiger partial charge in [0.05, 0.1) is 20.1 Å². The number of ether oxygens (including phenoxy) is 1. The van der Waals surface area contributed by atoms with Crippen molar-refractivity contribution in [3.8, 4) is 0 Å². The largest absolute Gasteiger partial charge is 0.469 e. The number of carbonyl (C=O) groups excluding carboxylic acids is 2. The Hall–Kier alpha value is -0.880. The van der Waals surface area contributed by atoms with Crippen molar-refractivity contribution in [3.63, 3.8) is 0 Å². The van der Waals surface area contributed by atoms with E-state index in [0.717, 1.165) is 9.35 Å². The first kappa shape index (κ1) is 14.2. The van der Waals surface area contributed by atoms with Crippen molar-refractivity contribution in [2.24, 2.45) is 0 Å². The van der Waals surface area contributed by atoms with Gasteiger partial charge in [0, 0.05) is 28.2 Å². The molecule has 4 nitrogen and oxygen atoms in total. The van der Waals surface area contributed by atoms with Crippen LogP contribution in [0.4, 0.5) is 0 Å². The van der Waals surface area contributed by atoms with Crippen molar-refractivity contribution >= 4 is 39.1 Å². The molecule has 0 fully saturated rings. The number of rotatable bonds is 5. The highest BCUT2D eigenvalue weighted by Gasteiger charge is 2.12. The van der Waals surface area contributed by atoms with Crippen molar-refractivity contribution in [3.05, 3.63) is 20.8 Å². The molecule has 0 spiro atoms. The summed E-state index contributed by atoms with van der Waals surface area (Å²) in [5, 5.41) is 1.97. The molecule has 0 aliphatic rings. The normalized spacial score (nSPS) is 10.1. The maximum atomic E-state index is 11.7. The van der Waals surface area contributed by atoms with Gasteiger partial charge in [-0.05, 0) is 22.0 Å². The van der Waals surface area contributed by atoms with Crippen molar-refractivity contribution < 1.29 is 14.3 Å². The Morgan fingerprint density at radius 2 is 2.18 bits per heavy atom. The standard InChI is InChI=1S/C11H14BrNO3S/c1-13(6-9-5-8(12)7-17-9)10(14)3-4-11(15)16-2/h5,7H,3-4,6H2,1-2H3. The van der Waals surface area contributed by atoms with Gasteiger partial charge in [-0.15, -0.1) is 11.3 Å². The van der Waals surface area contributed by atoms with Gasteiger partial charge in [0.15, 0.2) is 0 Å². The fraction of sp³-hybridized carbons (Fsp3) is 0.455. The number of nitrogens with zero attached hydrogens (tertiary/aromatic N) is 1. The number of esters is 1. The summed E-state index contributed by atoms with van der Waals surface area (Å²) in [6.45, 7) is 0.566. The fourth-order valence-electron chi connectivity index (χ4n) is 1.26. The predicted octanol–water partition coefficient (Wildman–Crippen LogP) is 2.42. The Labute approximate surface area is 113 Å². The van der Waals surface area contributed by atoms with Gasteiger partial charge in [-0.3, -0.25) is 9.59 Å². The second-order valence-corrected chi connectivity index (χ2v) is 5.47. The maximum absolute atomic E-state index is 11.7. The molecule has 1 aromatic heterocycles. The average Bonchev–Trinajstić information content (AvgIpc) is 2.70. The summed E-state index contributed by atoms with van der Waals surface area (Å²) in [7, 11) is 3.05. The monoisotopic (exact) mass is 319 g/mol. The highest BCUT2D eigenvalue weighted by Crippen LogP contribution is 2.21. The van der Waals surface area contributed by atoms with E-state index >= 15 is 0 Å². The molecule has 0 aromatic carbocycles. The fourth-order valence-corrected chi connectivity index (χ4v) is 2.76. The SMILES string of the molecule is COC(=O)CCC(=O)N(C)Cc1cc(Br)cs1. The minimum absolute atomic E-state index is 0.0556. The van der Waals surface area contributed by atoms with E-state index in [1.807, 2.05) is 11.4 Å². The van der Waals surface area contributed by atoms with Crippen LogP contribution in [0, 0.1) is 0 Å². The predicted molar refractivity (Wildman–Crippen MR) is 69.7 cm³/mol. The van der Waals surface area contributed by atoms with Crippen LogP contribution in [0.25, 0.3) is 0 Å². The first-order valence-electron chi connectivity index (χ1n) is 5.06. The third kappa shape index (κ3) is 4.87. The van der Waals surface area contributed by atoms with Gasteiger partial charge < -0.3 is 9.64 Å². The Balaban J connectivity index is 2.39. The van der Waals surface area contributed by atoms with Gasteiger partial charge in [0.2, 0.25) is 5.91 Å². The Bertz CT molecular complexity index is 405. The molecule has 0 saturated heterocycles. The molecular weight excluding hydrogens is 306 g/mol. The van der Waals surface area contributed by atoms with Crippen LogP contribution >= 0.6 is 27.3 Å². The molecule has 0 saturated carbocycles. The molecule has 94 valence electrons. The number of hydrogen-bond acceptors (Lipinski definition) is 4. The zero-order valence-corrected chi connectivity index (χ0v) is 12.1. The van der Waals surface area contributed by atoms with E-state index in [4.69, 9.17) is 0 Å². The van der Waals surface area contributed by atoms with Crippen LogP contribution in [0.15, 0.2) is 15.9 Å². The zero-order valence-electron chi connectivity index (χ0n) is 9.73. The molecule has 6 heteroatoms. The van der Waals surface area contributed by atoms with E-state index in [1.54, 1.807) is 23.3 Å². The van der Waals surface area contributed by atoms with Gasteiger partial charge in [-0.25, -0.2) is 0 Å². The molecule has 17 heavy (non-hydrogen) atoms. The van der Waals surface area contributed by atoms with E-state index in [9.17, 15) is 9.59 Å². The summed E-state index contributed by atoms with van der Waals surface area (Å²) in [6.07, 6.45) is 0.323. The lowest BCUT2D eigenvalue weighted by Crippen LogP contribution is -2.26. The summed E-state index contributed by atoms with van der Waals surface area (Å²) in [5.41, 5.74) is 0. The summed E-state index contributed by atoms with van der Waals surface area (Å²) < 4.78 is 5.51. The average molecular weight is 320 g/mol. The molecule has 0 radical (unpaired) electrons. The van der Waals surface area contributed by atoms with E-state index in [1.165, 1.54) is 7.11 Å². The van der Waals surface area contributed by atoms with Crippen LogP contribution in [-0.2, 0) is 20.9 Å². The Morgan fingerprint density at radius 1 is 1.47 bits per heavy atom. The lowest BCUT2D eigenvalue weighted by Gasteiger charge is -2.15. The van der Waals surface area contributed by atoms with E-state index in [2.05, 4.69) is 20.7 Å². The van der Waals surface area contributed by atoms with Crippen LogP contribution < -0.4 is 0 Å². The van der Waals surface area contributed by atoms with Crippen molar-refractivity contribution in [1.29, 1.82) is 0 Å². The number of methoxy groups -OCH3 is 1. The van der Waals surface area contributed by atoms with Gasteiger partial charge in [-0.2, -0.15) is 0 Å². The van der Waals surface area contributed by atoms with Crippen LogP contribution in [0.2, 0.25) is 0 Å². The molecule has 0 aliphatic heterocycles. The quantitative estimate of drug-likeness (QED) is 0.783. The number of hydrogen-bond donors (Lipinski definition) is 0. The third-order valence-electron chi connectivity index (χ3n) is 2.21. The van der Waals surface area contributed by atoms with Crippen LogP contribution in [0.5, 0.6) is 0 Å². The first-order valence-corrected chi connectivity index (χ1v) is 6.74. The van der Waals surface area contributed by atoms with Gasteiger partial charge >= 0.3 is 5.97 Å². The smallest absolute Gasteiger partial charge is 0.306 e. The molecule has 0 atom stereocenters. The van der Waals surface area contributed by atoms with Gasteiger partial charge in [-0.1, -0.05) is 0 Å². The number of thiophene rings is 1. The molecule has 1 rings (SSSR count). The molecule has 1 heterocycles. The highest BCUT2D eigenvalue weighted by atomic mass is 79.9. The molecular formula is C11H14BrNO3S. The molecule has 1 aromatic rings. The molecule has 0 bridgehead atoms.